The molecule has 0 bridgehead atoms. The topological polar surface area (TPSA) is 52.1 Å². The van der Waals surface area contributed by atoms with Crippen LogP contribution in [0.1, 0.15) is 22.5 Å². The minimum absolute atomic E-state index is 0.0173. The highest BCUT2D eigenvalue weighted by molar-refractivity contribution is 5.99. The number of benzene rings is 2. The van der Waals surface area contributed by atoms with Gasteiger partial charge in [-0.1, -0.05) is 48.5 Å². The molecule has 0 amide bonds. The van der Waals surface area contributed by atoms with Crippen LogP contribution in [0.3, 0.4) is 0 Å². The quantitative estimate of drug-likeness (QED) is 0.443. The number of aromatic nitrogens is 2. The van der Waals surface area contributed by atoms with E-state index in [9.17, 15) is 4.79 Å². The van der Waals surface area contributed by atoms with E-state index in [1.807, 2.05) is 60.7 Å². The number of fused-ring (bicyclic) bond motifs is 1. The maximum atomic E-state index is 12.8. The Morgan fingerprint density at radius 2 is 1.71 bits per heavy atom. The maximum Gasteiger partial charge on any atom is 0.181 e. The van der Waals surface area contributed by atoms with Crippen molar-refractivity contribution in [3.8, 4) is 16.9 Å². The lowest BCUT2D eigenvalue weighted by atomic mass is 10.0. The summed E-state index contributed by atoms with van der Waals surface area (Å²) in [5.74, 6) is 0.822. The zero-order valence-electron chi connectivity index (χ0n) is 15.6. The summed E-state index contributed by atoms with van der Waals surface area (Å²) in [7, 11) is 1.64. The number of aryl methyl sites for hydroxylation is 1. The van der Waals surface area contributed by atoms with Gasteiger partial charge in [-0.3, -0.25) is 9.78 Å². The fourth-order valence-electron chi connectivity index (χ4n) is 3.31. The van der Waals surface area contributed by atoms with Crippen LogP contribution in [0, 0.1) is 0 Å². The highest BCUT2D eigenvalue weighted by Crippen LogP contribution is 2.27. The number of methoxy groups -OCH3 is 1. The summed E-state index contributed by atoms with van der Waals surface area (Å²) in [6, 6.07) is 21.5. The zero-order chi connectivity index (χ0) is 19.3. The Hall–Kier alpha value is -3.53. The number of nitrogens with zero attached hydrogens (tertiary/aromatic N) is 2. The van der Waals surface area contributed by atoms with Crippen molar-refractivity contribution in [2.45, 2.75) is 12.8 Å². The summed E-state index contributed by atoms with van der Waals surface area (Å²) >= 11 is 0. The highest BCUT2D eigenvalue weighted by Gasteiger charge is 2.13. The Morgan fingerprint density at radius 3 is 2.54 bits per heavy atom. The number of carbonyl (C=O) groups excluding carboxylic acids is 1. The Kier molecular flexibility index (Phi) is 5.11. The molecule has 2 heterocycles. The normalized spacial score (nSPS) is 10.8. The first-order chi connectivity index (χ1) is 13.8. The van der Waals surface area contributed by atoms with Gasteiger partial charge in [-0.2, -0.15) is 0 Å². The number of Topliss-reactive ketones (excluding diaryl/α,β-unsaturated/α-hetero) is 1. The Labute approximate surface area is 163 Å². The summed E-state index contributed by atoms with van der Waals surface area (Å²) in [5.41, 5.74) is 4.26. The van der Waals surface area contributed by atoms with Crippen molar-refractivity contribution in [1.82, 2.24) is 9.97 Å². The number of hydrogen-bond donors (Lipinski definition) is 0. The van der Waals surface area contributed by atoms with E-state index in [1.165, 1.54) is 0 Å². The molecular weight excluding hydrogens is 348 g/mol. The lowest BCUT2D eigenvalue weighted by molar-refractivity contribution is 0.0978. The van der Waals surface area contributed by atoms with Gasteiger partial charge in [-0.05, 0) is 35.7 Å². The number of ether oxygens (including phenoxy) is 1. The summed E-state index contributed by atoms with van der Waals surface area (Å²) in [6.07, 6.45) is 4.57. The van der Waals surface area contributed by atoms with Crippen LogP contribution in [0.25, 0.3) is 22.0 Å². The smallest absolute Gasteiger partial charge is 0.181 e. The molecular formula is C24H20N2O2. The average molecular weight is 368 g/mol. The van der Waals surface area contributed by atoms with E-state index in [-0.39, 0.29) is 5.78 Å². The van der Waals surface area contributed by atoms with Crippen LogP contribution in [0.15, 0.2) is 79.1 Å². The van der Waals surface area contributed by atoms with Crippen molar-refractivity contribution >= 4 is 16.7 Å². The van der Waals surface area contributed by atoms with Crippen LogP contribution in [0.2, 0.25) is 0 Å². The average Bonchev–Trinajstić information content (AvgIpc) is 2.77. The second kappa shape index (κ2) is 8.01. The summed E-state index contributed by atoms with van der Waals surface area (Å²) < 4.78 is 5.37. The van der Waals surface area contributed by atoms with E-state index >= 15 is 0 Å². The molecule has 4 aromatic rings. The summed E-state index contributed by atoms with van der Waals surface area (Å²) in [4.78, 5) is 21.8. The third-order valence-corrected chi connectivity index (χ3v) is 4.78. The molecule has 0 fully saturated rings. The predicted octanol–water partition coefficient (Wildman–Crippen LogP) is 5.12. The van der Waals surface area contributed by atoms with E-state index in [1.54, 1.807) is 25.6 Å². The van der Waals surface area contributed by atoms with Gasteiger partial charge in [0.05, 0.1) is 12.6 Å². The van der Waals surface area contributed by atoms with Crippen molar-refractivity contribution in [3.63, 3.8) is 0 Å². The molecule has 138 valence electrons. The van der Waals surface area contributed by atoms with Gasteiger partial charge in [0.15, 0.2) is 5.78 Å². The van der Waals surface area contributed by atoms with Crippen LogP contribution in [0.4, 0.5) is 0 Å². The molecule has 2 aromatic heterocycles. The minimum atomic E-state index is 0.0173. The molecule has 0 spiro atoms. The molecule has 4 heteroatoms. The van der Waals surface area contributed by atoms with Gasteiger partial charge in [0.1, 0.15) is 11.4 Å². The Bertz CT molecular complexity index is 1120. The number of para-hydroxylation sites is 1. The zero-order valence-corrected chi connectivity index (χ0v) is 15.6. The fourth-order valence-corrected chi connectivity index (χ4v) is 3.31. The Morgan fingerprint density at radius 1 is 0.929 bits per heavy atom. The molecule has 0 aliphatic carbocycles. The van der Waals surface area contributed by atoms with Crippen LogP contribution in [-0.4, -0.2) is 22.9 Å². The second-order valence-electron chi connectivity index (χ2n) is 6.56. The number of ketones is 1. The van der Waals surface area contributed by atoms with Gasteiger partial charge >= 0.3 is 0 Å². The molecule has 0 saturated heterocycles. The highest BCUT2D eigenvalue weighted by atomic mass is 16.5. The molecule has 4 nitrogen and oxygen atoms in total. The SMILES string of the molecule is COc1ccccc1CCC(=O)c1ccc2cncc(-c3ccccc3)c2n1. The van der Waals surface area contributed by atoms with E-state index in [0.717, 1.165) is 33.3 Å². The van der Waals surface area contributed by atoms with Gasteiger partial charge in [-0.15, -0.1) is 0 Å². The summed E-state index contributed by atoms with van der Waals surface area (Å²) in [6.45, 7) is 0. The first-order valence-electron chi connectivity index (χ1n) is 9.21. The van der Waals surface area contributed by atoms with Gasteiger partial charge < -0.3 is 4.74 Å². The van der Waals surface area contributed by atoms with Crippen molar-refractivity contribution < 1.29 is 9.53 Å². The maximum absolute atomic E-state index is 12.8. The molecule has 0 aliphatic heterocycles. The number of pyridine rings is 2. The molecule has 28 heavy (non-hydrogen) atoms. The monoisotopic (exact) mass is 368 g/mol. The number of rotatable bonds is 6. The molecule has 0 aliphatic rings. The lowest BCUT2D eigenvalue weighted by Gasteiger charge is -2.09. The van der Waals surface area contributed by atoms with Crippen LogP contribution >= 0.6 is 0 Å². The van der Waals surface area contributed by atoms with Crippen molar-refractivity contribution in [3.05, 3.63) is 90.4 Å². The first kappa shape index (κ1) is 17.9. The minimum Gasteiger partial charge on any atom is -0.496 e. The fraction of sp³-hybridized carbons (Fsp3) is 0.125. The third kappa shape index (κ3) is 3.62. The van der Waals surface area contributed by atoms with E-state index in [2.05, 4.69) is 9.97 Å². The molecule has 2 aromatic carbocycles. The molecule has 0 N–H and O–H groups in total. The predicted molar refractivity (Wildman–Crippen MR) is 111 cm³/mol. The third-order valence-electron chi connectivity index (χ3n) is 4.78. The van der Waals surface area contributed by atoms with Gasteiger partial charge in [0.25, 0.3) is 0 Å². The van der Waals surface area contributed by atoms with E-state index in [0.29, 0.717) is 18.5 Å². The van der Waals surface area contributed by atoms with Crippen LogP contribution < -0.4 is 4.74 Å². The molecule has 4 rings (SSSR count). The standard InChI is InChI=1S/C24H20N2O2/c1-28-23-10-6-5-9-18(23)12-14-22(27)21-13-11-19-15-25-16-20(24(19)26-21)17-7-3-2-4-8-17/h2-11,13,15-16H,12,14H2,1H3. The van der Waals surface area contributed by atoms with Gasteiger partial charge in [-0.25, -0.2) is 4.98 Å². The first-order valence-corrected chi connectivity index (χ1v) is 9.21. The van der Waals surface area contributed by atoms with E-state index < -0.39 is 0 Å². The van der Waals surface area contributed by atoms with Crippen molar-refractivity contribution in [2.75, 3.05) is 7.11 Å². The van der Waals surface area contributed by atoms with Crippen LogP contribution in [0.5, 0.6) is 5.75 Å². The molecule has 0 saturated carbocycles. The largest absolute Gasteiger partial charge is 0.496 e. The van der Waals surface area contributed by atoms with Crippen LogP contribution in [-0.2, 0) is 6.42 Å². The van der Waals surface area contributed by atoms with Crippen molar-refractivity contribution in [1.29, 1.82) is 0 Å². The van der Waals surface area contributed by atoms with Gasteiger partial charge in [0.2, 0.25) is 0 Å². The lowest BCUT2D eigenvalue weighted by Crippen LogP contribution is -2.05. The second-order valence-corrected chi connectivity index (χ2v) is 6.56. The van der Waals surface area contributed by atoms with Crippen molar-refractivity contribution in [2.24, 2.45) is 0 Å². The van der Waals surface area contributed by atoms with E-state index in [4.69, 9.17) is 4.74 Å². The molecule has 0 unspecified atom stereocenters. The Balaban J connectivity index is 1.63. The number of carbonyl (C=O) groups is 1. The number of hydrogen-bond acceptors (Lipinski definition) is 4. The molecule has 0 atom stereocenters. The molecule has 0 radical (unpaired) electrons. The summed E-state index contributed by atoms with van der Waals surface area (Å²) in [5, 5.41) is 0.919. The van der Waals surface area contributed by atoms with Gasteiger partial charge in [0, 0.05) is 29.8 Å².